The predicted octanol–water partition coefficient (Wildman–Crippen LogP) is 6.21. The number of H-pyrrole nitrogens is 2. The van der Waals surface area contributed by atoms with Gasteiger partial charge in [0.25, 0.3) is 0 Å². The van der Waals surface area contributed by atoms with Gasteiger partial charge in [-0.3, -0.25) is 10.1 Å². The van der Waals surface area contributed by atoms with Crippen molar-refractivity contribution in [3.63, 3.8) is 0 Å². The van der Waals surface area contributed by atoms with E-state index in [2.05, 4.69) is 50.5 Å². The third-order valence-corrected chi connectivity index (χ3v) is 5.39. The summed E-state index contributed by atoms with van der Waals surface area (Å²) in [5.74, 6) is 1.35. The minimum absolute atomic E-state index is 0.385. The van der Waals surface area contributed by atoms with E-state index in [0.717, 1.165) is 33.7 Å². The lowest BCUT2D eigenvalue weighted by Gasteiger charge is -2.11. The van der Waals surface area contributed by atoms with Crippen LogP contribution in [0.4, 0.5) is 0 Å². The highest BCUT2D eigenvalue weighted by Crippen LogP contribution is 2.29. The van der Waals surface area contributed by atoms with Gasteiger partial charge in [-0.2, -0.15) is 5.10 Å². The molecule has 2 N–H and O–H groups in total. The van der Waals surface area contributed by atoms with E-state index < -0.39 is 0 Å². The topological polar surface area (TPSA) is 75.8 Å². The molecule has 0 fully saturated rings. The van der Waals surface area contributed by atoms with Crippen LogP contribution in [0.3, 0.4) is 0 Å². The van der Waals surface area contributed by atoms with E-state index in [0.29, 0.717) is 18.1 Å². The van der Waals surface area contributed by atoms with Crippen molar-refractivity contribution in [3.05, 3.63) is 107 Å². The maximum absolute atomic E-state index is 5.88. The number of aromatic nitrogens is 4. The van der Waals surface area contributed by atoms with E-state index in [9.17, 15) is 0 Å². The van der Waals surface area contributed by atoms with E-state index in [1.165, 1.54) is 5.39 Å². The molecule has 0 unspecified atom stereocenters. The summed E-state index contributed by atoms with van der Waals surface area (Å²) in [6.45, 7) is 0.385. The number of fused-ring (bicyclic) bond motifs is 1. The minimum atomic E-state index is 0.385. The highest BCUT2D eigenvalue weighted by atomic mass is 16.5. The second kappa shape index (κ2) is 9.92. The first kappa shape index (κ1) is 21.3. The molecule has 0 atom stereocenters. The number of nitrogens with one attached hydrogen (secondary N) is 2. The van der Waals surface area contributed by atoms with E-state index in [1.807, 2.05) is 66.9 Å². The summed E-state index contributed by atoms with van der Waals surface area (Å²) in [5.41, 5.74) is 5.90. The number of methoxy groups -OCH3 is 1. The highest BCUT2D eigenvalue weighted by molar-refractivity contribution is 5.83. The van der Waals surface area contributed by atoms with Crippen molar-refractivity contribution in [2.75, 3.05) is 7.11 Å². The van der Waals surface area contributed by atoms with Crippen LogP contribution in [-0.2, 0) is 6.61 Å². The molecule has 34 heavy (non-hydrogen) atoms. The van der Waals surface area contributed by atoms with Gasteiger partial charge in [0.15, 0.2) is 11.5 Å². The predicted molar refractivity (Wildman–Crippen MR) is 136 cm³/mol. The number of pyridine rings is 1. The lowest BCUT2D eigenvalue weighted by atomic mass is 10.1. The Labute approximate surface area is 197 Å². The SMILES string of the molecule is COc1cc(/C=C/c2cc(/C=C/c3ccc4[nH]ccc4c3)n[nH]2)ccc1OCc1ccccn1. The largest absolute Gasteiger partial charge is 0.493 e. The van der Waals surface area contributed by atoms with Gasteiger partial charge in [0.1, 0.15) is 6.61 Å². The monoisotopic (exact) mass is 448 g/mol. The molecular formula is C28H24N4O2. The van der Waals surface area contributed by atoms with Crippen LogP contribution >= 0.6 is 0 Å². The van der Waals surface area contributed by atoms with Gasteiger partial charge in [-0.25, -0.2) is 0 Å². The van der Waals surface area contributed by atoms with Crippen LogP contribution in [0.5, 0.6) is 11.5 Å². The molecule has 0 spiro atoms. The second-order valence-electron chi connectivity index (χ2n) is 7.76. The van der Waals surface area contributed by atoms with Gasteiger partial charge >= 0.3 is 0 Å². The van der Waals surface area contributed by atoms with Crippen LogP contribution in [0, 0.1) is 0 Å². The summed E-state index contributed by atoms with van der Waals surface area (Å²) in [4.78, 5) is 7.49. The molecule has 0 saturated heterocycles. The lowest BCUT2D eigenvalue weighted by molar-refractivity contribution is 0.280. The summed E-state index contributed by atoms with van der Waals surface area (Å²) in [7, 11) is 1.64. The standard InChI is InChI=1S/C28H24N4O2/c1-33-28-17-21(8-12-27(28)34-19-25-4-2-3-14-29-25)6-10-24-18-23(31-32-24)9-5-20-7-11-26-22(16-20)13-15-30-26/h2-18,30H,19H2,1H3,(H,31,32)/b9-5+,10-6+. The zero-order chi connectivity index (χ0) is 23.2. The van der Waals surface area contributed by atoms with Gasteiger partial charge in [0.2, 0.25) is 0 Å². The Kier molecular flexibility index (Phi) is 6.21. The fourth-order valence-electron chi connectivity index (χ4n) is 3.61. The van der Waals surface area contributed by atoms with Crippen molar-refractivity contribution in [1.29, 1.82) is 0 Å². The number of nitrogens with zero attached hydrogens (tertiary/aromatic N) is 2. The highest BCUT2D eigenvalue weighted by Gasteiger charge is 2.06. The molecule has 0 aliphatic heterocycles. The molecule has 0 aliphatic rings. The van der Waals surface area contributed by atoms with Gasteiger partial charge in [-0.05, 0) is 77.2 Å². The first-order valence-electron chi connectivity index (χ1n) is 11.0. The minimum Gasteiger partial charge on any atom is -0.493 e. The van der Waals surface area contributed by atoms with Crippen LogP contribution in [0.25, 0.3) is 35.2 Å². The zero-order valence-corrected chi connectivity index (χ0v) is 18.7. The molecule has 0 radical (unpaired) electrons. The van der Waals surface area contributed by atoms with Crippen molar-refractivity contribution in [1.82, 2.24) is 20.2 Å². The molecule has 0 saturated carbocycles. The summed E-state index contributed by atoms with van der Waals surface area (Å²) < 4.78 is 11.4. The van der Waals surface area contributed by atoms with Crippen molar-refractivity contribution in [2.45, 2.75) is 6.61 Å². The molecule has 5 aromatic rings. The van der Waals surface area contributed by atoms with Crippen LogP contribution < -0.4 is 9.47 Å². The van der Waals surface area contributed by atoms with Gasteiger partial charge in [0, 0.05) is 17.9 Å². The molecule has 0 amide bonds. The molecule has 6 nitrogen and oxygen atoms in total. The van der Waals surface area contributed by atoms with Crippen molar-refractivity contribution in [3.8, 4) is 11.5 Å². The fraction of sp³-hybridized carbons (Fsp3) is 0.0714. The Morgan fingerprint density at radius 1 is 0.853 bits per heavy atom. The molecule has 6 heteroatoms. The Bertz CT molecular complexity index is 1450. The first-order chi connectivity index (χ1) is 16.8. The molecule has 168 valence electrons. The maximum Gasteiger partial charge on any atom is 0.161 e. The van der Waals surface area contributed by atoms with E-state index >= 15 is 0 Å². The number of benzene rings is 2. The smallest absolute Gasteiger partial charge is 0.161 e. The average molecular weight is 449 g/mol. The number of rotatable bonds is 8. The van der Waals surface area contributed by atoms with E-state index in [4.69, 9.17) is 9.47 Å². The molecule has 0 aliphatic carbocycles. The van der Waals surface area contributed by atoms with E-state index in [1.54, 1.807) is 13.3 Å². The summed E-state index contributed by atoms with van der Waals surface area (Å²) >= 11 is 0. The van der Waals surface area contributed by atoms with Crippen molar-refractivity contribution < 1.29 is 9.47 Å². The summed E-state index contributed by atoms with van der Waals surface area (Å²) in [6, 6.07) is 22.0. The van der Waals surface area contributed by atoms with Crippen LogP contribution in [0.1, 0.15) is 28.2 Å². The summed E-state index contributed by atoms with van der Waals surface area (Å²) in [6.07, 6.45) is 11.7. The zero-order valence-electron chi connectivity index (χ0n) is 18.7. The lowest BCUT2D eigenvalue weighted by Crippen LogP contribution is -1.99. The number of aromatic amines is 2. The Morgan fingerprint density at radius 3 is 2.62 bits per heavy atom. The van der Waals surface area contributed by atoms with Gasteiger partial charge in [-0.1, -0.05) is 30.4 Å². The summed E-state index contributed by atoms with van der Waals surface area (Å²) in [5, 5.41) is 8.63. The molecule has 2 aromatic carbocycles. The molecule has 3 heterocycles. The van der Waals surface area contributed by atoms with Crippen LogP contribution in [-0.4, -0.2) is 27.3 Å². The number of hydrogen-bond acceptors (Lipinski definition) is 4. The Morgan fingerprint density at radius 2 is 1.74 bits per heavy atom. The van der Waals surface area contributed by atoms with Crippen LogP contribution in [0.2, 0.25) is 0 Å². The van der Waals surface area contributed by atoms with Gasteiger partial charge in [0.05, 0.1) is 24.2 Å². The Hall–Kier alpha value is -4.58. The Balaban J connectivity index is 1.24. The third-order valence-electron chi connectivity index (χ3n) is 5.39. The average Bonchev–Trinajstić information content (AvgIpc) is 3.55. The fourth-order valence-corrected chi connectivity index (χ4v) is 3.61. The number of hydrogen-bond donors (Lipinski definition) is 2. The normalized spacial score (nSPS) is 11.6. The van der Waals surface area contributed by atoms with Crippen molar-refractivity contribution in [2.24, 2.45) is 0 Å². The van der Waals surface area contributed by atoms with Crippen LogP contribution in [0.15, 0.2) is 79.1 Å². The third kappa shape index (κ3) is 5.07. The van der Waals surface area contributed by atoms with Gasteiger partial charge in [-0.15, -0.1) is 0 Å². The van der Waals surface area contributed by atoms with Gasteiger partial charge < -0.3 is 14.5 Å². The maximum atomic E-state index is 5.88. The van der Waals surface area contributed by atoms with E-state index in [-0.39, 0.29) is 0 Å². The van der Waals surface area contributed by atoms with Crippen molar-refractivity contribution >= 4 is 35.2 Å². The molecule has 0 bridgehead atoms. The second-order valence-corrected chi connectivity index (χ2v) is 7.76. The first-order valence-corrected chi connectivity index (χ1v) is 11.0. The molecule has 5 rings (SSSR count). The quantitative estimate of drug-likeness (QED) is 0.296. The number of ether oxygens (including phenoxy) is 2. The molecule has 3 aromatic heterocycles. The molecular weight excluding hydrogens is 424 g/mol.